The molecule has 1 aliphatic rings. The number of hydrogen-bond donors (Lipinski definition) is 1. The summed E-state index contributed by atoms with van der Waals surface area (Å²) in [7, 11) is 0. The second-order valence-corrected chi connectivity index (χ2v) is 6.06. The zero-order valence-electron chi connectivity index (χ0n) is 11.8. The van der Waals surface area contributed by atoms with Crippen LogP contribution in [0.4, 0.5) is 5.69 Å². The molecule has 4 heteroatoms. The van der Waals surface area contributed by atoms with Gasteiger partial charge in [0, 0.05) is 16.7 Å². The van der Waals surface area contributed by atoms with Crippen molar-refractivity contribution in [1.29, 1.82) is 0 Å². The number of anilines is 1. The van der Waals surface area contributed by atoms with Crippen LogP contribution in [0.25, 0.3) is 0 Å². The van der Waals surface area contributed by atoms with Crippen LogP contribution in [0.15, 0.2) is 53.0 Å². The Morgan fingerprint density at radius 1 is 1.14 bits per heavy atom. The maximum Gasteiger partial charge on any atom is 0.257 e. The summed E-state index contributed by atoms with van der Waals surface area (Å²) in [5.74, 6) is 0.0964. The number of fused-ring (bicyclic) bond motifs is 1. The van der Waals surface area contributed by atoms with Crippen LogP contribution in [0.2, 0.25) is 0 Å². The van der Waals surface area contributed by atoms with Crippen LogP contribution >= 0.6 is 15.9 Å². The molecule has 0 aliphatic carbocycles. The minimum Gasteiger partial charge on any atom is -0.361 e. The van der Waals surface area contributed by atoms with Gasteiger partial charge in [0.05, 0.1) is 5.56 Å². The van der Waals surface area contributed by atoms with E-state index < -0.39 is 0 Å². The largest absolute Gasteiger partial charge is 0.361 e. The number of rotatable bonds is 3. The molecule has 108 valence electrons. The van der Waals surface area contributed by atoms with E-state index in [0.717, 1.165) is 34.3 Å². The summed E-state index contributed by atoms with van der Waals surface area (Å²) in [6.07, 6.45) is 0.822. The number of nitrogens with one attached hydrogen (secondary N) is 1. The molecule has 1 amide bonds. The van der Waals surface area contributed by atoms with Crippen molar-refractivity contribution in [3.05, 3.63) is 64.1 Å². The molecule has 2 aromatic carbocycles. The number of halogens is 1. The fraction of sp³-hybridized carbons (Fsp3) is 0.235. The Morgan fingerprint density at radius 2 is 1.86 bits per heavy atom. The molecular formula is C17H17BrN2O. The fourth-order valence-electron chi connectivity index (χ4n) is 2.67. The van der Waals surface area contributed by atoms with Gasteiger partial charge in [-0.2, -0.15) is 0 Å². The van der Waals surface area contributed by atoms with Gasteiger partial charge in [-0.3, -0.25) is 4.79 Å². The lowest BCUT2D eigenvalue weighted by atomic mass is 10.0. The molecule has 1 N–H and O–H groups in total. The highest BCUT2D eigenvalue weighted by atomic mass is 79.9. The van der Waals surface area contributed by atoms with E-state index >= 15 is 0 Å². The topological polar surface area (TPSA) is 32.3 Å². The Balaban J connectivity index is 2.02. The van der Waals surface area contributed by atoms with Crippen LogP contribution in [-0.4, -0.2) is 17.4 Å². The van der Waals surface area contributed by atoms with E-state index in [1.165, 1.54) is 0 Å². The zero-order chi connectivity index (χ0) is 14.8. The Hall–Kier alpha value is -1.81. The monoisotopic (exact) mass is 344 g/mol. The lowest BCUT2D eigenvalue weighted by molar-refractivity contribution is 0.0683. The quantitative estimate of drug-likeness (QED) is 0.893. The molecular weight excluding hydrogens is 328 g/mol. The Bertz CT molecular complexity index is 654. The summed E-state index contributed by atoms with van der Waals surface area (Å²) >= 11 is 3.45. The summed E-state index contributed by atoms with van der Waals surface area (Å²) in [5, 5.41) is 3.49. The molecule has 0 aromatic heterocycles. The number of carbonyl (C=O) groups excluding carboxylic acids is 1. The molecule has 1 heterocycles. The summed E-state index contributed by atoms with van der Waals surface area (Å²) in [6.45, 7) is 2.83. The maximum atomic E-state index is 12.7. The normalized spacial score (nSPS) is 17.3. The lowest BCUT2D eigenvalue weighted by Crippen LogP contribution is -2.43. The molecule has 0 radical (unpaired) electrons. The van der Waals surface area contributed by atoms with Crippen molar-refractivity contribution in [2.75, 3.05) is 11.9 Å². The van der Waals surface area contributed by atoms with Crippen LogP contribution in [0.3, 0.4) is 0 Å². The molecule has 0 bridgehead atoms. The molecule has 2 aromatic rings. The van der Waals surface area contributed by atoms with Gasteiger partial charge in [-0.1, -0.05) is 47.1 Å². The van der Waals surface area contributed by atoms with E-state index in [0.29, 0.717) is 0 Å². The average Bonchev–Trinajstić information content (AvgIpc) is 2.51. The second-order valence-electron chi connectivity index (χ2n) is 5.14. The van der Waals surface area contributed by atoms with Crippen molar-refractivity contribution in [2.24, 2.45) is 0 Å². The Morgan fingerprint density at radius 3 is 2.57 bits per heavy atom. The molecule has 0 unspecified atom stereocenters. The summed E-state index contributed by atoms with van der Waals surface area (Å²) in [6, 6.07) is 15.8. The van der Waals surface area contributed by atoms with E-state index in [9.17, 15) is 4.79 Å². The van der Waals surface area contributed by atoms with Crippen LogP contribution in [-0.2, 0) is 0 Å². The van der Waals surface area contributed by atoms with Crippen molar-refractivity contribution >= 4 is 27.5 Å². The van der Waals surface area contributed by atoms with Crippen molar-refractivity contribution in [3.63, 3.8) is 0 Å². The average molecular weight is 345 g/mol. The number of para-hydroxylation sites is 1. The molecule has 0 fully saturated rings. The molecule has 21 heavy (non-hydrogen) atoms. The third kappa shape index (κ3) is 2.68. The Labute approximate surface area is 133 Å². The van der Waals surface area contributed by atoms with Gasteiger partial charge in [-0.25, -0.2) is 0 Å². The number of amides is 1. The number of hydrogen-bond acceptors (Lipinski definition) is 2. The first-order chi connectivity index (χ1) is 10.2. The Kier molecular flexibility index (Phi) is 3.97. The van der Waals surface area contributed by atoms with Gasteiger partial charge in [-0.15, -0.1) is 0 Å². The predicted molar refractivity (Wildman–Crippen MR) is 88.3 cm³/mol. The van der Waals surface area contributed by atoms with E-state index in [2.05, 4.69) is 28.2 Å². The third-order valence-electron chi connectivity index (χ3n) is 3.67. The van der Waals surface area contributed by atoms with Crippen LogP contribution in [0, 0.1) is 0 Å². The SMILES string of the molecule is CCCN1C(=O)c2ccccc2N[C@@H]1c1ccc(Br)cc1. The molecule has 0 spiro atoms. The fourth-order valence-corrected chi connectivity index (χ4v) is 2.94. The highest BCUT2D eigenvalue weighted by molar-refractivity contribution is 9.10. The predicted octanol–water partition coefficient (Wildman–Crippen LogP) is 4.43. The van der Waals surface area contributed by atoms with Crippen LogP contribution in [0.5, 0.6) is 0 Å². The van der Waals surface area contributed by atoms with E-state index in [4.69, 9.17) is 0 Å². The minimum absolute atomic E-state index is 0.0964. The minimum atomic E-state index is -0.111. The van der Waals surface area contributed by atoms with Gasteiger partial charge in [0.25, 0.3) is 5.91 Å². The summed E-state index contributed by atoms with van der Waals surface area (Å²) in [5.41, 5.74) is 2.75. The van der Waals surface area contributed by atoms with Gasteiger partial charge in [0.1, 0.15) is 6.17 Å². The van der Waals surface area contributed by atoms with E-state index in [1.54, 1.807) is 0 Å². The van der Waals surface area contributed by atoms with Crippen molar-refractivity contribution < 1.29 is 4.79 Å². The van der Waals surface area contributed by atoms with Crippen molar-refractivity contribution in [3.8, 4) is 0 Å². The van der Waals surface area contributed by atoms with Crippen molar-refractivity contribution in [1.82, 2.24) is 4.90 Å². The van der Waals surface area contributed by atoms with Gasteiger partial charge in [0.15, 0.2) is 0 Å². The molecule has 0 saturated heterocycles. The highest BCUT2D eigenvalue weighted by Gasteiger charge is 2.31. The van der Waals surface area contributed by atoms with E-state index in [1.807, 2.05) is 53.4 Å². The number of carbonyl (C=O) groups is 1. The van der Waals surface area contributed by atoms with Crippen molar-refractivity contribution in [2.45, 2.75) is 19.5 Å². The molecule has 3 nitrogen and oxygen atoms in total. The van der Waals surface area contributed by atoms with Gasteiger partial charge in [0.2, 0.25) is 0 Å². The first-order valence-electron chi connectivity index (χ1n) is 7.12. The molecule has 3 rings (SSSR count). The number of benzene rings is 2. The van der Waals surface area contributed by atoms with Crippen LogP contribution < -0.4 is 5.32 Å². The molecule has 1 aliphatic heterocycles. The van der Waals surface area contributed by atoms with Gasteiger partial charge in [-0.05, 0) is 36.2 Å². The smallest absolute Gasteiger partial charge is 0.257 e. The highest BCUT2D eigenvalue weighted by Crippen LogP contribution is 2.33. The second kappa shape index (κ2) is 5.90. The van der Waals surface area contributed by atoms with E-state index in [-0.39, 0.29) is 12.1 Å². The van der Waals surface area contributed by atoms with Crippen LogP contribution in [0.1, 0.15) is 35.4 Å². The maximum absolute atomic E-state index is 12.7. The van der Waals surface area contributed by atoms with Gasteiger partial charge < -0.3 is 10.2 Å². The zero-order valence-corrected chi connectivity index (χ0v) is 13.4. The standard InChI is InChI=1S/C17H17BrN2O/c1-2-11-20-16(12-7-9-13(18)10-8-12)19-15-6-4-3-5-14(15)17(20)21/h3-10,16,19H,2,11H2,1H3/t16-/m0/s1. The molecule has 0 saturated carbocycles. The molecule has 1 atom stereocenters. The third-order valence-corrected chi connectivity index (χ3v) is 4.20. The summed E-state index contributed by atoms with van der Waals surface area (Å²) in [4.78, 5) is 14.6. The first-order valence-corrected chi connectivity index (χ1v) is 7.92. The lowest BCUT2D eigenvalue weighted by Gasteiger charge is -2.38. The first kappa shape index (κ1) is 14.1. The summed E-state index contributed by atoms with van der Waals surface area (Å²) < 4.78 is 1.04. The van der Waals surface area contributed by atoms with Gasteiger partial charge >= 0.3 is 0 Å². The number of nitrogens with zero attached hydrogens (tertiary/aromatic N) is 1.